The van der Waals surface area contributed by atoms with Crippen LogP contribution in [-0.4, -0.2) is 30.1 Å². The van der Waals surface area contributed by atoms with E-state index < -0.39 is 0 Å². The molecule has 0 saturated carbocycles. The van der Waals surface area contributed by atoms with Crippen LogP contribution in [0.25, 0.3) is 22.6 Å². The Hall–Kier alpha value is -3.55. The van der Waals surface area contributed by atoms with Gasteiger partial charge in [-0.3, -0.25) is 0 Å². The summed E-state index contributed by atoms with van der Waals surface area (Å²) in [6, 6.07) is 12.4. The number of aromatic nitrogens is 1. The second kappa shape index (κ2) is 17.1. The van der Waals surface area contributed by atoms with E-state index in [1.807, 2.05) is 24.3 Å². The van der Waals surface area contributed by atoms with Crippen molar-refractivity contribution in [3.63, 3.8) is 0 Å². The van der Waals surface area contributed by atoms with Crippen LogP contribution in [0.1, 0.15) is 90.9 Å². The third-order valence-electron chi connectivity index (χ3n) is 6.64. The predicted molar refractivity (Wildman–Crippen MR) is 160 cm³/mol. The lowest BCUT2D eigenvalue weighted by atomic mass is 10.1. The molecule has 2 aromatic carbocycles. The highest BCUT2D eigenvalue weighted by Gasteiger charge is 2.11. The van der Waals surface area contributed by atoms with Gasteiger partial charge in [-0.25, -0.2) is 14.6 Å². The second-order valence-corrected chi connectivity index (χ2v) is 10.1. The molecule has 0 radical (unpaired) electrons. The van der Waals surface area contributed by atoms with Crippen molar-refractivity contribution in [1.82, 2.24) is 15.6 Å². The molecule has 0 unspecified atom stereocenters. The molecule has 4 amide bonds. The van der Waals surface area contributed by atoms with E-state index in [0.29, 0.717) is 41.5 Å². The summed E-state index contributed by atoms with van der Waals surface area (Å²) >= 11 is 0. The fourth-order valence-corrected chi connectivity index (χ4v) is 4.42. The number of nitrogens with one attached hydrogen (secondary N) is 4. The zero-order valence-corrected chi connectivity index (χ0v) is 23.6. The molecule has 8 nitrogen and oxygen atoms in total. The van der Waals surface area contributed by atoms with Crippen molar-refractivity contribution in [2.45, 2.75) is 90.9 Å². The van der Waals surface area contributed by atoms with Crippen LogP contribution in [0.15, 0.2) is 46.9 Å². The zero-order chi connectivity index (χ0) is 27.7. The summed E-state index contributed by atoms with van der Waals surface area (Å²) in [5.74, 6) is 0.450. The molecule has 0 saturated heterocycles. The Morgan fingerprint density at radius 2 is 1.26 bits per heavy atom. The van der Waals surface area contributed by atoms with Gasteiger partial charge in [-0.15, -0.1) is 0 Å². The van der Waals surface area contributed by atoms with E-state index >= 15 is 0 Å². The van der Waals surface area contributed by atoms with Crippen molar-refractivity contribution in [3.8, 4) is 11.5 Å². The summed E-state index contributed by atoms with van der Waals surface area (Å²) < 4.78 is 5.95. The quantitative estimate of drug-likeness (QED) is 0.130. The van der Waals surface area contributed by atoms with E-state index in [0.717, 1.165) is 31.2 Å². The van der Waals surface area contributed by atoms with E-state index in [1.54, 1.807) is 18.2 Å². The first-order chi connectivity index (χ1) is 19.1. The maximum absolute atomic E-state index is 12.3. The molecule has 39 heavy (non-hydrogen) atoms. The zero-order valence-electron chi connectivity index (χ0n) is 23.6. The van der Waals surface area contributed by atoms with Crippen LogP contribution in [0.4, 0.5) is 21.0 Å². The lowest BCUT2D eigenvalue weighted by Crippen LogP contribution is -2.29. The van der Waals surface area contributed by atoms with Crippen molar-refractivity contribution in [2.75, 3.05) is 23.7 Å². The van der Waals surface area contributed by atoms with Gasteiger partial charge in [0.15, 0.2) is 5.58 Å². The van der Waals surface area contributed by atoms with Crippen molar-refractivity contribution in [2.24, 2.45) is 0 Å². The number of carbonyl (C=O) groups excluding carboxylic acids is 2. The highest BCUT2D eigenvalue weighted by atomic mass is 16.3. The summed E-state index contributed by atoms with van der Waals surface area (Å²) in [5.41, 5.74) is 3.35. The molecular weight excluding hydrogens is 490 g/mol. The third kappa shape index (κ3) is 11.0. The molecule has 0 atom stereocenters. The van der Waals surface area contributed by atoms with Crippen LogP contribution in [0, 0.1) is 0 Å². The number of amides is 4. The molecule has 0 aliphatic rings. The Bertz CT molecular complexity index is 1160. The maximum atomic E-state index is 12.3. The smallest absolute Gasteiger partial charge is 0.319 e. The van der Waals surface area contributed by atoms with Gasteiger partial charge < -0.3 is 25.7 Å². The van der Waals surface area contributed by atoms with Gasteiger partial charge in [0.2, 0.25) is 5.89 Å². The number of benzene rings is 2. The van der Waals surface area contributed by atoms with Gasteiger partial charge in [-0.1, -0.05) is 84.1 Å². The predicted octanol–water partition coefficient (Wildman–Crippen LogP) is 8.46. The van der Waals surface area contributed by atoms with Gasteiger partial charge in [-0.2, -0.15) is 0 Å². The molecule has 0 spiro atoms. The number of fused-ring (bicyclic) bond motifs is 1. The van der Waals surface area contributed by atoms with Gasteiger partial charge in [0.05, 0.1) is 0 Å². The molecule has 3 rings (SSSR count). The van der Waals surface area contributed by atoms with Crippen molar-refractivity contribution < 1.29 is 14.0 Å². The SMILES string of the molecule is CCCCCCCCNC(=O)Nc1cccc(-c2nc3cc(NC(=O)NCCCCCCCC)ccc3o2)c1. The minimum absolute atomic E-state index is 0.219. The van der Waals surface area contributed by atoms with Crippen LogP contribution < -0.4 is 21.3 Å². The fourth-order valence-electron chi connectivity index (χ4n) is 4.42. The van der Waals surface area contributed by atoms with Crippen LogP contribution >= 0.6 is 0 Å². The van der Waals surface area contributed by atoms with Gasteiger partial charge in [-0.05, 0) is 49.2 Å². The molecule has 1 heterocycles. The van der Waals surface area contributed by atoms with Crippen molar-refractivity contribution >= 4 is 34.5 Å². The second-order valence-electron chi connectivity index (χ2n) is 10.1. The number of unbranched alkanes of at least 4 members (excludes halogenated alkanes) is 10. The standard InChI is InChI=1S/C31H45N5O3/c1-3-5-7-9-11-13-20-32-30(37)34-25-17-15-16-24(22-25)29-36-27-23-26(18-19-28(27)39-29)35-31(38)33-21-14-12-10-8-6-4-2/h15-19,22-23H,3-14,20-21H2,1-2H3,(H2,32,34,37)(H2,33,35,38). The highest BCUT2D eigenvalue weighted by Crippen LogP contribution is 2.27. The highest BCUT2D eigenvalue weighted by molar-refractivity contribution is 5.92. The average molecular weight is 536 g/mol. The Morgan fingerprint density at radius 1 is 0.692 bits per heavy atom. The molecule has 1 aromatic heterocycles. The molecule has 0 fully saturated rings. The number of hydrogen-bond donors (Lipinski definition) is 4. The van der Waals surface area contributed by atoms with Crippen LogP contribution in [0.3, 0.4) is 0 Å². The van der Waals surface area contributed by atoms with Crippen molar-refractivity contribution in [3.05, 3.63) is 42.5 Å². The lowest BCUT2D eigenvalue weighted by molar-refractivity contribution is 0.251. The molecular formula is C31H45N5O3. The Balaban J connectivity index is 1.47. The molecule has 212 valence electrons. The van der Waals surface area contributed by atoms with Crippen LogP contribution in [-0.2, 0) is 0 Å². The van der Waals surface area contributed by atoms with Crippen LogP contribution in [0.5, 0.6) is 0 Å². The first-order valence-electron chi connectivity index (χ1n) is 14.7. The summed E-state index contributed by atoms with van der Waals surface area (Å²) in [7, 11) is 0. The number of oxazole rings is 1. The minimum Gasteiger partial charge on any atom is -0.436 e. The molecule has 0 aliphatic carbocycles. The monoisotopic (exact) mass is 535 g/mol. The third-order valence-corrected chi connectivity index (χ3v) is 6.64. The normalized spacial score (nSPS) is 10.9. The lowest BCUT2D eigenvalue weighted by Gasteiger charge is -2.08. The van der Waals surface area contributed by atoms with Gasteiger partial charge >= 0.3 is 12.1 Å². The molecule has 4 N–H and O–H groups in total. The number of urea groups is 2. The molecule has 8 heteroatoms. The van der Waals surface area contributed by atoms with E-state index in [4.69, 9.17) is 4.42 Å². The maximum Gasteiger partial charge on any atom is 0.319 e. The largest absolute Gasteiger partial charge is 0.436 e. The first-order valence-corrected chi connectivity index (χ1v) is 14.7. The number of nitrogens with zero attached hydrogens (tertiary/aromatic N) is 1. The molecule has 0 aliphatic heterocycles. The van der Waals surface area contributed by atoms with E-state index in [1.165, 1.54) is 51.4 Å². The fraction of sp³-hybridized carbons (Fsp3) is 0.516. The van der Waals surface area contributed by atoms with Gasteiger partial charge in [0.25, 0.3) is 0 Å². The number of hydrogen-bond acceptors (Lipinski definition) is 4. The Morgan fingerprint density at radius 3 is 1.87 bits per heavy atom. The average Bonchev–Trinajstić information content (AvgIpc) is 3.36. The van der Waals surface area contributed by atoms with E-state index in [2.05, 4.69) is 40.1 Å². The number of anilines is 2. The summed E-state index contributed by atoms with van der Waals surface area (Å²) in [6.45, 7) is 5.74. The van der Waals surface area contributed by atoms with E-state index in [-0.39, 0.29) is 12.1 Å². The van der Waals surface area contributed by atoms with Crippen molar-refractivity contribution in [1.29, 1.82) is 0 Å². The molecule has 3 aromatic rings. The van der Waals surface area contributed by atoms with Gasteiger partial charge in [0.1, 0.15) is 5.52 Å². The van der Waals surface area contributed by atoms with E-state index in [9.17, 15) is 9.59 Å². The minimum atomic E-state index is -0.222. The first kappa shape index (κ1) is 30.0. The Kier molecular flexibility index (Phi) is 13.2. The Labute approximate surface area is 232 Å². The summed E-state index contributed by atoms with van der Waals surface area (Å²) in [4.78, 5) is 29.2. The number of rotatable bonds is 17. The number of carbonyl (C=O) groups is 2. The van der Waals surface area contributed by atoms with Crippen LogP contribution in [0.2, 0.25) is 0 Å². The summed E-state index contributed by atoms with van der Waals surface area (Å²) in [5, 5.41) is 11.6. The topological polar surface area (TPSA) is 108 Å². The summed E-state index contributed by atoms with van der Waals surface area (Å²) in [6.07, 6.45) is 14.2. The molecule has 0 bridgehead atoms. The van der Waals surface area contributed by atoms with Gasteiger partial charge in [0, 0.05) is 30.0 Å².